The molecule has 0 fully saturated rings. The molecule has 0 radical (unpaired) electrons. The van der Waals surface area contributed by atoms with Gasteiger partial charge in [-0.05, 0) is 0 Å². The fourth-order valence-electron chi connectivity index (χ4n) is 1.44. The van der Waals surface area contributed by atoms with E-state index in [0.29, 0.717) is 0 Å². The maximum absolute atomic E-state index is 11.6. The first-order chi connectivity index (χ1) is 8.47. The number of H-pyrrole nitrogens is 1. The van der Waals surface area contributed by atoms with Crippen molar-refractivity contribution in [3.63, 3.8) is 0 Å². The van der Waals surface area contributed by atoms with Gasteiger partial charge in [-0.2, -0.15) is 4.98 Å². The molecule has 2 aromatic heterocycles. The van der Waals surface area contributed by atoms with Crippen molar-refractivity contribution in [2.75, 3.05) is 5.32 Å². The summed E-state index contributed by atoms with van der Waals surface area (Å²) >= 11 is 0. The highest BCUT2D eigenvalue weighted by molar-refractivity contribution is 5.87. The van der Waals surface area contributed by atoms with Gasteiger partial charge in [0.1, 0.15) is 6.54 Å². The number of aromatic amines is 1. The molecule has 0 aliphatic heterocycles. The summed E-state index contributed by atoms with van der Waals surface area (Å²) in [6.07, 6.45) is 1.21. The molecule has 2 heterocycles. The van der Waals surface area contributed by atoms with Crippen LogP contribution in [0.3, 0.4) is 0 Å². The van der Waals surface area contributed by atoms with E-state index >= 15 is 0 Å². The van der Waals surface area contributed by atoms with Gasteiger partial charge in [-0.25, -0.2) is 4.98 Å². The number of anilines is 1. The van der Waals surface area contributed by atoms with Crippen LogP contribution in [-0.4, -0.2) is 36.5 Å². The van der Waals surface area contributed by atoms with Crippen molar-refractivity contribution in [3.05, 3.63) is 16.7 Å². The molecular formula is C9H9N5O4. The Morgan fingerprint density at radius 1 is 1.56 bits per heavy atom. The average Bonchev–Trinajstić information content (AvgIpc) is 2.60. The Hall–Kier alpha value is -2.71. The zero-order valence-electron chi connectivity index (χ0n) is 9.30. The van der Waals surface area contributed by atoms with Gasteiger partial charge in [0.2, 0.25) is 11.9 Å². The molecule has 9 nitrogen and oxygen atoms in total. The Morgan fingerprint density at radius 3 is 2.89 bits per heavy atom. The van der Waals surface area contributed by atoms with E-state index in [2.05, 4.69) is 20.3 Å². The summed E-state index contributed by atoms with van der Waals surface area (Å²) in [4.78, 5) is 43.1. The van der Waals surface area contributed by atoms with Gasteiger partial charge in [0, 0.05) is 6.92 Å². The number of amides is 1. The Kier molecular flexibility index (Phi) is 2.80. The fraction of sp³-hybridized carbons (Fsp3) is 0.222. The number of carbonyl (C=O) groups is 2. The van der Waals surface area contributed by atoms with Crippen LogP contribution in [0.25, 0.3) is 11.2 Å². The monoisotopic (exact) mass is 251 g/mol. The summed E-state index contributed by atoms with van der Waals surface area (Å²) in [5.74, 6) is -1.54. The van der Waals surface area contributed by atoms with E-state index in [4.69, 9.17) is 5.11 Å². The highest BCUT2D eigenvalue weighted by Gasteiger charge is 2.12. The molecule has 0 aliphatic carbocycles. The molecule has 18 heavy (non-hydrogen) atoms. The number of aliphatic carboxylic acids is 1. The van der Waals surface area contributed by atoms with Gasteiger partial charge in [0.15, 0.2) is 11.2 Å². The minimum absolute atomic E-state index is 0.0188. The average molecular weight is 251 g/mol. The molecule has 0 spiro atoms. The van der Waals surface area contributed by atoms with Crippen LogP contribution in [0.5, 0.6) is 0 Å². The largest absolute Gasteiger partial charge is 0.480 e. The number of rotatable bonds is 3. The van der Waals surface area contributed by atoms with Crippen LogP contribution in [0, 0.1) is 0 Å². The lowest BCUT2D eigenvalue weighted by molar-refractivity contribution is -0.137. The van der Waals surface area contributed by atoms with Crippen LogP contribution in [0.4, 0.5) is 5.95 Å². The first kappa shape index (κ1) is 11.8. The number of hydrogen-bond donors (Lipinski definition) is 3. The molecule has 0 aliphatic rings. The smallest absolute Gasteiger partial charge is 0.323 e. The van der Waals surface area contributed by atoms with Crippen LogP contribution >= 0.6 is 0 Å². The zero-order valence-corrected chi connectivity index (χ0v) is 9.30. The first-order valence-electron chi connectivity index (χ1n) is 4.92. The van der Waals surface area contributed by atoms with E-state index in [1.54, 1.807) is 0 Å². The molecule has 0 saturated heterocycles. The number of fused-ring (bicyclic) bond motifs is 1. The number of nitrogens with zero attached hydrogens (tertiary/aromatic N) is 3. The molecular weight excluding hydrogens is 242 g/mol. The highest BCUT2D eigenvalue weighted by atomic mass is 16.4. The molecule has 94 valence electrons. The molecule has 2 rings (SSSR count). The van der Waals surface area contributed by atoms with E-state index in [0.717, 1.165) is 0 Å². The molecule has 0 saturated carbocycles. The molecule has 0 unspecified atom stereocenters. The number of hydrogen-bond acceptors (Lipinski definition) is 5. The summed E-state index contributed by atoms with van der Waals surface area (Å²) in [5.41, 5.74) is -0.428. The van der Waals surface area contributed by atoms with Gasteiger partial charge in [0.25, 0.3) is 5.56 Å². The second-order valence-electron chi connectivity index (χ2n) is 3.53. The van der Waals surface area contributed by atoms with Gasteiger partial charge >= 0.3 is 5.97 Å². The van der Waals surface area contributed by atoms with E-state index in [1.807, 2.05) is 0 Å². The Balaban J connectivity index is 2.56. The highest BCUT2D eigenvalue weighted by Crippen LogP contribution is 2.07. The maximum atomic E-state index is 11.6. The van der Waals surface area contributed by atoms with Crippen LogP contribution in [0.2, 0.25) is 0 Å². The van der Waals surface area contributed by atoms with Crippen LogP contribution < -0.4 is 10.9 Å². The molecule has 3 N–H and O–H groups in total. The van der Waals surface area contributed by atoms with E-state index in [9.17, 15) is 14.4 Å². The molecule has 9 heteroatoms. The van der Waals surface area contributed by atoms with Gasteiger partial charge < -0.3 is 9.67 Å². The van der Waals surface area contributed by atoms with Crippen LogP contribution in [0.15, 0.2) is 11.1 Å². The lowest BCUT2D eigenvalue weighted by atomic mass is 10.5. The number of carboxylic acid groups (broad SMARTS) is 1. The SMILES string of the molecule is CC(=O)Nc1nc2c(ncn2CC(=O)O)c(=O)[nH]1. The van der Waals surface area contributed by atoms with Crippen molar-refractivity contribution in [1.29, 1.82) is 0 Å². The minimum Gasteiger partial charge on any atom is -0.480 e. The van der Waals surface area contributed by atoms with E-state index < -0.39 is 17.4 Å². The molecule has 1 amide bonds. The summed E-state index contributed by atoms with van der Waals surface area (Å²) in [7, 11) is 0. The van der Waals surface area contributed by atoms with Crippen molar-refractivity contribution < 1.29 is 14.7 Å². The molecule has 2 aromatic rings. The third-order valence-corrected chi connectivity index (χ3v) is 2.07. The quantitative estimate of drug-likeness (QED) is 0.652. The fourth-order valence-corrected chi connectivity index (χ4v) is 1.44. The number of carbonyl (C=O) groups excluding carboxylic acids is 1. The second-order valence-corrected chi connectivity index (χ2v) is 3.53. The lowest BCUT2D eigenvalue weighted by Gasteiger charge is -2.02. The Labute approximate surface area is 99.5 Å². The summed E-state index contributed by atoms with van der Waals surface area (Å²) in [5, 5.41) is 11.0. The van der Waals surface area contributed by atoms with E-state index in [-0.39, 0.29) is 23.7 Å². The third kappa shape index (κ3) is 2.19. The van der Waals surface area contributed by atoms with Crippen molar-refractivity contribution in [2.24, 2.45) is 0 Å². The van der Waals surface area contributed by atoms with Crippen molar-refractivity contribution in [3.8, 4) is 0 Å². The van der Waals surface area contributed by atoms with Crippen molar-refractivity contribution in [1.82, 2.24) is 19.5 Å². The van der Waals surface area contributed by atoms with Crippen LogP contribution in [-0.2, 0) is 16.1 Å². The molecule has 0 bridgehead atoms. The standard InChI is InChI=1S/C9H9N5O4/c1-4(15)11-9-12-7-6(8(18)13-9)10-3-14(7)2-5(16)17/h3H,2H2,1H3,(H,16,17)(H2,11,12,13,15,18). The van der Waals surface area contributed by atoms with Gasteiger partial charge in [0.05, 0.1) is 6.33 Å². The molecule has 0 atom stereocenters. The number of imidazole rings is 1. The number of nitrogens with one attached hydrogen (secondary N) is 2. The van der Waals surface area contributed by atoms with Crippen LogP contribution in [0.1, 0.15) is 6.92 Å². The predicted molar refractivity (Wildman–Crippen MR) is 60.1 cm³/mol. The molecule has 0 aromatic carbocycles. The normalized spacial score (nSPS) is 10.5. The minimum atomic E-state index is -1.09. The lowest BCUT2D eigenvalue weighted by Crippen LogP contribution is -2.17. The Morgan fingerprint density at radius 2 is 2.28 bits per heavy atom. The summed E-state index contributed by atoms with van der Waals surface area (Å²) in [6.45, 7) is 0.894. The predicted octanol–water partition coefficient (Wildman–Crippen LogP) is -0.837. The van der Waals surface area contributed by atoms with Crippen molar-refractivity contribution in [2.45, 2.75) is 13.5 Å². The van der Waals surface area contributed by atoms with Gasteiger partial charge in [-0.3, -0.25) is 24.7 Å². The first-order valence-corrected chi connectivity index (χ1v) is 4.92. The topological polar surface area (TPSA) is 130 Å². The number of aromatic nitrogens is 4. The number of carboxylic acids is 1. The summed E-state index contributed by atoms with van der Waals surface area (Å²) < 4.78 is 1.21. The Bertz CT molecular complexity index is 686. The second kappa shape index (κ2) is 4.28. The maximum Gasteiger partial charge on any atom is 0.323 e. The third-order valence-electron chi connectivity index (χ3n) is 2.07. The van der Waals surface area contributed by atoms with Crippen molar-refractivity contribution >= 4 is 29.0 Å². The van der Waals surface area contributed by atoms with Gasteiger partial charge in [-0.1, -0.05) is 0 Å². The zero-order chi connectivity index (χ0) is 13.3. The van der Waals surface area contributed by atoms with Gasteiger partial charge in [-0.15, -0.1) is 0 Å². The summed E-state index contributed by atoms with van der Waals surface area (Å²) in [6, 6.07) is 0. The van der Waals surface area contributed by atoms with E-state index in [1.165, 1.54) is 17.8 Å².